The Bertz CT molecular complexity index is 486. The summed E-state index contributed by atoms with van der Waals surface area (Å²) in [6.45, 7) is 12.8. The van der Waals surface area contributed by atoms with Gasteiger partial charge in [0.1, 0.15) is 5.60 Å². The van der Waals surface area contributed by atoms with E-state index in [9.17, 15) is 4.79 Å². The third-order valence-electron chi connectivity index (χ3n) is 2.95. The fourth-order valence-corrected chi connectivity index (χ4v) is 1.83. The SMILES string of the molecule is Cc1nn(C)cc1CNC(C)(C)CNC(=O)OC(C)(C)C. The number of aromatic nitrogens is 2. The fraction of sp³-hybridized carbons (Fsp3) is 0.733. The van der Waals surface area contributed by atoms with E-state index in [1.54, 1.807) is 4.68 Å². The Morgan fingerprint density at radius 3 is 2.43 bits per heavy atom. The smallest absolute Gasteiger partial charge is 0.407 e. The summed E-state index contributed by atoms with van der Waals surface area (Å²) in [7, 11) is 1.91. The van der Waals surface area contributed by atoms with Crippen LogP contribution in [-0.4, -0.2) is 33.6 Å². The number of alkyl carbamates (subject to hydrolysis) is 1. The molecule has 1 heterocycles. The van der Waals surface area contributed by atoms with E-state index in [0.717, 1.165) is 11.3 Å². The van der Waals surface area contributed by atoms with Crippen molar-refractivity contribution in [2.45, 2.75) is 59.2 Å². The Balaban J connectivity index is 2.43. The molecule has 0 fully saturated rings. The van der Waals surface area contributed by atoms with Crippen molar-refractivity contribution in [3.63, 3.8) is 0 Å². The summed E-state index contributed by atoms with van der Waals surface area (Å²) in [5, 5.41) is 10.5. The molecule has 6 nitrogen and oxygen atoms in total. The molecule has 120 valence electrons. The first-order valence-electron chi connectivity index (χ1n) is 7.19. The minimum atomic E-state index is -0.478. The molecule has 0 spiro atoms. The van der Waals surface area contributed by atoms with E-state index in [0.29, 0.717) is 13.1 Å². The standard InChI is InChI=1S/C15H28N4O2/c1-11-12(9-19(7)18-11)8-17-15(5,6)10-16-13(20)21-14(2,3)4/h9,17H,8,10H2,1-7H3,(H,16,20). The second kappa shape index (κ2) is 6.47. The van der Waals surface area contributed by atoms with Crippen LogP contribution in [0, 0.1) is 6.92 Å². The van der Waals surface area contributed by atoms with Gasteiger partial charge in [-0.25, -0.2) is 4.79 Å². The zero-order valence-corrected chi connectivity index (χ0v) is 14.2. The van der Waals surface area contributed by atoms with Gasteiger partial charge in [0.05, 0.1) is 5.69 Å². The van der Waals surface area contributed by atoms with Crippen LogP contribution < -0.4 is 10.6 Å². The Hall–Kier alpha value is -1.56. The van der Waals surface area contributed by atoms with Crippen molar-refractivity contribution < 1.29 is 9.53 Å². The van der Waals surface area contributed by atoms with Crippen LogP contribution in [0.5, 0.6) is 0 Å². The van der Waals surface area contributed by atoms with E-state index in [-0.39, 0.29) is 5.54 Å². The average Bonchev–Trinajstić information content (AvgIpc) is 2.61. The molecule has 2 N–H and O–H groups in total. The van der Waals surface area contributed by atoms with Crippen molar-refractivity contribution in [3.05, 3.63) is 17.5 Å². The molecule has 1 amide bonds. The molecule has 0 unspecified atom stereocenters. The molecule has 21 heavy (non-hydrogen) atoms. The molecule has 0 saturated carbocycles. The normalized spacial score (nSPS) is 12.3. The quantitative estimate of drug-likeness (QED) is 0.873. The highest BCUT2D eigenvalue weighted by molar-refractivity contribution is 5.67. The van der Waals surface area contributed by atoms with E-state index in [1.165, 1.54) is 0 Å². The zero-order valence-electron chi connectivity index (χ0n) is 14.2. The summed E-state index contributed by atoms with van der Waals surface area (Å²) in [6, 6.07) is 0. The number of rotatable bonds is 5. The maximum atomic E-state index is 11.7. The monoisotopic (exact) mass is 296 g/mol. The van der Waals surface area contributed by atoms with Crippen molar-refractivity contribution >= 4 is 6.09 Å². The summed E-state index contributed by atoms with van der Waals surface area (Å²) in [5.74, 6) is 0. The van der Waals surface area contributed by atoms with Crippen molar-refractivity contribution in [1.29, 1.82) is 0 Å². The minimum absolute atomic E-state index is 0.237. The third-order valence-corrected chi connectivity index (χ3v) is 2.95. The van der Waals surface area contributed by atoms with Crippen LogP contribution in [0.1, 0.15) is 45.9 Å². The lowest BCUT2D eigenvalue weighted by Crippen LogP contribution is -2.49. The van der Waals surface area contributed by atoms with Gasteiger partial charge in [-0.1, -0.05) is 0 Å². The predicted molar refractivity (Wildman–Crippen MR) is 83.1 cm³/mol. The van der Waals surface area contributed by atoms with Gasteiger partial charge in [0.25, 0.3) is 0 Å². The summed E-state index contributed by atoms with van der Waals surface area (Å²) in [5.41, 5.74) is 1.46. The van der Waals surface area contributed by atoms with Crippen LogP contribution in [-0.2, 0) is 18.3 Å². The van der Waals surface area contributed by atoms with Gasteiger partial charge in [-0.15, -0.1) is 0 Å². The van der Waals surface area contributed by atoms with Crippen LogP contribution in [0.15, 0.2) is 6.20 Å². The number of carbonyl (C=O) groups is 1. The van der Waals surface area contributed by atoms with Crippen LogP contribution in [0.2, 0.25) is 0 Å². The van der Waals surface area contributed by atoms with Gasteiger partial charge in [-0.2, -0.15) is 5.10 Å². The van der Waals surface area contributed by atoms with E-state index in [2.05, 4.69) is 15.7 Å². The first-order chi connectivity index (χ1) is 9.48. The fourth-order valence-electron chi connectivity index (χ4n) is 1.83. The lowest BCUT2D eigenvalue weighted by molar-refractivity contribution is 0.0513. The van der Waals surface area contributed by atoms with Crippen LogP contribution in [0.25, 0.3) is 0 Å². The summed E-state index contributed by atoms with van der Waals surface area (Å²) in [4.78, 5) is 11.7. The number of ether oxygens (including phenoxy) is 1. The van der Waals surface area contributed by atoms with E-state index in [4.69, 9.17) is 4.74 Å². The van der Waals surface area contributed by atoms with Gasteiger partial charge < -0.3 is 15.4 Å². The van der Waals surface area contributed by atoms with Crippen molar-refractivity contribution in [1.82, 2.24) is 20.4 Å². The zero-order chi connectivity index (χ0) is 16.3. The summed E-state index contributed by atoms with van der Waals surface area (Å²) >= 11 is 0. The number of nitrogens with zero attached hydrogens (tertiary/aromatic N) is 2. The first-order valence-corrected chi connectivity index (χ1v) is 7.19. The molecule has 1 aromatic rings. The Labute approximate surface area is 127 Å². The number of hydrogen-bond donors (Lipinski definition) is 2. The van der Waals surface area contributed by atoms with E-state index >= 15 is 0 Å². The highest BCUT2D eigenvalue weighted by Crippen LogP contribution is 2.09. The Kier molecular flexibility index (Phi) is 5.39. The Morgan fingerprint density at radius 2 is 1.95 bits per heavy atom. The number of nitrogens with one attached hydrogen (secondary N) is 2. The van der Waals surface area contributed by atoms with Gasteiger partial charge in [0.15, 0.2) is 0 Å². The second-order valence-electron chi connectivity index (χ2n) is 7.01. The molecule has 0 saturated heterocycles. The van der Waals surface area contributed by atoms with Gasteiger partial charge in [0.2, 0.25) is 0 Å². The van der Waals surface area contributed by atoms with Gasteiger partial charge in [-0.05, 0) is 41.5 Å². The molecule has 0 bridgehead atoms. The lowest BCUT2D eigenvalue weighted by atomic mass is 10.1. The van der Waals surface area contributed by atoms with Gasteiger partial charge >= 0.3 is 6.09 Å². The maximum Gasteiger partial charge on any atom is 0.407 e. The van der Waals surface area contributed by atoms with Crippen LogP contribution >= 0.6 is 0 Å². The molecule has 6 heteroatoms. The van der Waals surface area contributed by atoms with E-state index < -0.39 is 11.7 Å². The topological polar surface area (TPSA) is 68.2 Å². The highest BCUT2D eigenvalue weighted by Gasteiger charge is 2.21. The van der Waals surface area contributed by atoms with Gasteiger partial charge in [0, 0.05) is 37.4 Å². The number of amides is 1. The molecule has 0 aliphatic rings. The predicted octanol–water partition coefficient (Wildman–Crippen LogP) is 2.12. The molecule has 1 rings (SSSR count). The van der Waals surface area contributed by atoms with Crippen molar-refractivity contribution in [3.8, 4) is 0 Å². The van der Waals surface area contributed by atoms with Crippen molar-refractivity contribution in [2.24, 2.45) is 7.05 Å². The van der Waals surface area contributed by atoms with E-state index in [1.807, 2.05) is 54.8 Å². The number of aryl methyl sites for hydroxylation is 2. The van der Waals surface area contributed by atoms with Crippen LogP contribution in [0.3, 0.4) is 0 Å². The molecule has 0 aliphatic carbocycles. The molecule has 1 aromatic heterocycles. The largest absolute Gasteiger partial charge is 0.444 e. The highest BCUT2D eigenvalue weighted by atomic mass is 16.6. The van der Waals surface area contributed by atoms with Crippen molar-refractivity contribution in [2.75, 3.05) is 6.54 Å². The second-order valence-corrected chi connectivity index (χ2v) is 7.01. The Morgan fingerprint density at radius 1 is 1.33 bits per heavy atom. The first kappa shape index (κ1) is 17.5. The summed E-state index contributed by atoms with van der Waals surface area (Å²) < 4.78 is 7.03. The minimum Gasteiger partial charge on any atom is -0.444 e. The third kappa shape index (κ3) is 6.62. The number of carbonyl (C=O) groups excluding carboxylic acids is 1. The molecular formula is C15H28N4O2. The molecular weight excluding hydrogens is 268 g/mol. The molecule has 0 radical (unpaired) electrons. The lowest BCUT2D eigenvalue weighted by Gasteiger charge is -2.28. The maximum absolute atomic E-state index is 11.7. The average molecular weight is 296 g/mol. The van der Waals surface area contributed by atoms with Gasteiger partial charge in [-0.3, -0.25) is 4.68 Å². The molecule has 0 aromatic carbocycles. The molecule has 0 aliphatic heterocycles. The van der Waals surface area contributed by atoms with Crippen LogP contribution in [0.4, 0.5) is 4.79 Å². The molecule has 0 atom stereocenters. The number of hydrogen-bond acceptors (Lipinski definition) is 4. The summed E-state index contributed by atoms with van der Waals surface area (Å²) in [6.07, 6.45) is 1.61.